The number of nitrogens with zero attached hydrogens (tertiary/aromatic N) is 1. The Labute approximate surface area is 130 Å². The van der Waals surface area contributed by atoms with Crippen molar-refractivity contribution < 1.29 is 9.18 Å². The van der Waals surface area contributed by atoms with Crippen molar-refractivity contribution in [3.05, 3.63) is 33.9 Å². The van der Waals surface area contributed by atoms with Crippen LogP contribution in [-0.4, -0.2) is 17.4 Å². The van der Waals surface area contributed by atoms with Crippen LogP contribution in [0.25, 0.3) is 0 Å². The summed E-state index contributed by atoms with van der Waals surface area (Å²) in [5.74, 6) is -0.977. The third-order valence-electron chi connectivity index (χ3n) is 2.56. The van der Waals surface area contributed by atoms with Crippen molar-refractivity contribution in [3.8, 4) is 0 Å². The van der Waals surface area contributed by atoms with Gasteiger partial charge in [0.2, 0.25) is 0 Å². The number of nitrogens with two attached hydrogens (primary N) is 1. The number of amides is 1. The first-order valence-electron chi connectivity index (χ1n) is 6.27. The molecule has 0 aliphatic heterocycles. The lowest BCUT2D eigenvalue weighted by atomic mass is 10.3. The molecule has 5 nitrogen and oxygen atoms in total. The van der Waals surface area contributed by atoms with E-state index in [9.17, 15) is 9.18 Å². The van der Waals surface area contributed by atoms with E-state index in [-0.39, 0.29) is 16.4 Å². The molecule has 0 fully saturated rings. The Morgan fingerprint density at radius 2 is 2.29 bits per heavy atom. The molecule has 0 aliphatic carbocycles. The number of nitrogen functional groups attached to an aromatic ring is 1. The van der Waals surface area contributed by atoms with Crippen LogP contribution in [0.3, 0.4) is 0 Å². The van der Waals surface area contributed by atoms with Gasteiger partial charge in [-0.25, -0.2) is 9.37 Å². The summed E-state index contributed by atoms with van der Waals surface area (Å²) in [4.78, 5) is 16.4. The van der Waals surface area contributed by atoms with Crippen molar-refractivity contribution in [1.82, 2.24) is 4.98 Å². The van der Waals surface area contributed by atoms with Crippen molar-refractivity contribution in [2.75, 3.05) is 22.9 Å². The van der Waals surface area contributed by atoms with Crippen molar-refractivity contribution >= 4 is 45.5 Å². The molecule has 0 aliphatic rings. The fourth-order valence-electron chi connectivity index (χ4n) is 1.57. The Hall–Kier alpha value is -1.86. The summed E-state index contributed by atoms with van der Waals surface area (Å²) in [5, 5.41) is 6.38. The molecule has 4 N–H and O–H groups in total. The highest BCUT2D eigenvalue weighted by molar-refractivity contribution is 7.18. The molecule has 1 aromatic heterocycles. The molecule has 0 saturated carbocycles. The lowest BCUT2D eigenvalue weighted by molar-refractivity contribution is 0.103. The second kappa shape index (κ2) is 6.73. The minimum Gasteiger partial charge on any atom is -0.382 e. The molecule has 1 heterocycles. The maximum atomic E-state index is 13.6. The van der Waals surface area contributed by atoms with Gasteiger partial charge in [-0.1, -0.05) is 29.9 Å². The summed E-state index contributed by atoms with van der Waals surface area (Å²) >= 11 is 6.90. The number of aromatic nitrogens is 1. The third kappa shape index (κ3) is 3.83. The number of nitrogens with one attached hydrogen (secondary N) is 2. The molecule has 0 radical (unpaired) electrons. The predicted octanol–water partition coefficient (Wildman–Crippen LogP) is 3.59. The van der Waals surface area contributed by atoms with Crippen LogP contribution in [0.4, 0.5) is 21.0 Å². The monoisotopic (exact) mass is 328 g/mol. The summed E-state index contributed by atoms with van der Waals surface area (Å²) in [6.07, 6.45) is 0.925. The first kappa shape index (κ1) is 15.5. The van der Waals surface area contributed by atoms with Crippen LogP contribution >= 0.6 is 22.9 Å². The van der Waals surface area contributed by atoms with Crippen LogP contribution in [0.2, 0.25) is 5.02 Å². The largest absolute Gasteiger partial charge is 0.382 e. The maximum Gasteiger partial charge on any atom is 0.269 e. The highest BCUT2D eigenvalue weighted by Gasteiger charge is 2.17. The molecule has 112 valence electrons. The Morgan fingerprint density at radius 1 is 1.52 bits per heavy atom. The van der Waals surface area contributed by atoms with Crippen LogP contribution < -0.4 is 16.4 Å². The van der Waals surface area contributed by atoms with Gasteiger partial charge in [0, 0.05) is 11.6 Å². The first-order valence-corrected chi connectivity index (χ1v) is 7.47. The average Bonchev–Trinajstić information content (AvgIpc) is 2.82. The fourth-order valence-corrected chi connectivity index (χ4v) is 2.55. The standard InChI is InChI=1S/C13H14ClFN4OS/c1-2-5-17-13-19-11(16)10(21-13)12(20)18-9-6-7(14)3-4-8(9)15/h3-4,6H,2,5,16H2,1H3,(H,17,19)(H,18,20). The van der Waals surface area contributed by atoms with Crippen LogP contribution in [0.5, 0.6) is 0 Å². The van der Waals surface area contributed by atoms with Gasteiger partial charge in [0.25, 0.3) is 5.91 Å². The lowest BCUT2D eigenvalue weighted by Crippen LogP contribution is -2.13. The van der Waals surface area contributed by atoms with E-state index in [1.165, 1.54) is 18.2 Å². The molecule has 1 amide bonds. The summed E-state index contributed by atoms with van der Waals surface area (Å²) in [7, 11) is 0. The normalized spacial score (nSPS) is 10.4. The number of anilines is 3. The van der Waals surface area contributed by atoms with Gasteiger partial charge in [0.1, 0.15) is 16.5 Å². The van der Waals surface area contributed by atoms with E-state index in [2.05, 4.69) is 15.6 Å². The molecule has 0 spiro atoms. The zero-order chi connectivity index (χ0) is 15.4. The third-order valence-corrected chi connectivity index (χ3v) is 3.83. The van der Waals surface area contributed by atoms with E-state index < -0.39 is 11.7 Å². The number of hydrogen-bond donors (Lipinski definition) is 3. The van der Waals surface area contributed by atoms with Gasteiger partial charge in [-0.15, -0.1) is 0 Å². The number of hydrogen-bond acceptors (Lipinski definition) is 5. The van der Waals surface area contributed by atoms with Crippen molar-refractivity contribution in [2.24, 2.45) is 0 Å². The highest BCUT2D eigenvalue weighted by atomic mass is 35.5. The number of thiazole rings is 1. The molecule has 0 unspecified atom stereocenters. The van der Waals surface area contributed by atoms with Crippen LogP contribution in [0.1, 0.15) is 23.0 Å². The van der Waals surface area contributed by atoms with Gasteiger partial charge in [-0.3, -0.25) is 4.79 Å². The van der Waals surface area contributed by atoms with Gasteiger partial charge in [0.15, 0.2) is 5.13 Å². The van der Waals surface area contributed by atoms with Crippen LogP contribution in [-0.2, 0) is 0 Å². The van der Waals surface area contributed by atoms with Gasteiger partial charge >= 0.3 is 0 Å². The molecular weight excluding hydrogens is 315 g/mol. The number of halogens is 2. The van der Waals surface area contributed by atoms with Crippen molar-refractivity contribution in [3.63, 3.8) is 0 Å². The van der Waals surface area contributed by atoms with E-state index >= 15 is 0 Å². The van der Waals surface area contributed by atoms with Gasteiger partial charge in [-0.2, -0.15) is 0 Å². The van der Waals surface area contributed by atoms with E-state index in [4.69, 9.17) is 17.3 Å². The van der Waals surface area contributed by atoms with Gasteiger partial charge in [-0.05, 0) is 24.6 Å². The second-order valence-electron chi connectivity index (χ2n) is 4.24. The minimum absolute atomic E-state index is 0.00312. The lowest BCUT2D eigenvalue weighted by Gasteiger charge is -2.05. The van der Waals surface area contributed by atoms with E-state index in [0.29, 0.717) is 10.2 Å². The quantitative estimate of drug-likeness (QED) is 0.783. The van der Waals surface area contributed by atoms with E-state index in [0.717, 1.165) is 24.3 Å². The smallest absolute Gasteiger partial charge is 0.269 e. The molecule has 0 atom stereocenters. The maximum absolute atomic E-state index is 13.6. The number of carbonyl (C=O) groups excluding carboxylic acids is 1. The molecule has 2 rings (SSSR count). The zero-order valence-electron chi connectivity index (χ0n) is 11.2. The Morgan fingerprint density at radius 3 is 3.00 bits per heavy atom. The van der Waals surface area contributed by atoms with Crippen molar-refractivity contribution in [2.45, 2.75) is 13.3 Å². The Kier molecular flexibility index (Phi) is 4.98. The van der Waals surface area contributed by atoms with E-state index in [1.54, 1.807) is 0 Å². The van der Waals surface area contributed by atoms with Crippen molar-refractivity contribution in [1.29, 1.82) is 0 Å². The predicted molar refractivity (Wildman–Crippen MR) is 84.7 cm³/mol. The SMILES string of the molecule is CCCNc1nc(N)c(C(=O)Nc2cc(Cl)ccc2F)s1. The Bertz CT molecular complexity index is 662. The summed E-state index contributed by atoms with van der Waals surface area (Å²) in [6, 6.07) is 3.92. The first-order chi connectivity index (χ1) is 10.0. The van der Waals surface area contributed by atoms with E-state index in [1.807, 2.05) is 6.92 Å². The highest BCUT2D eigenvalue weighted by Crippen LogP contribution is 2.27. The molecule has 8 heteroatoms. The number of rotatable bonds is 5. The number of benzene rings is 1. The molecule has 2 aromatic rings. The average molecular weight is 329 g/mol. The van der Waals surface area contributed by atoms with Gasteiger partial charge < -0.3 is 16.4 Å². The topological polar surface area (TPSA) is 80.0 Å². The summed E-state index contributed by atoms with van der Waals surface area (Å²) in [6.45, 7) is 2.75. The molecule has 0 bridgehead atoms. The fraction of sp³-hybridized carbons (Fsp3) is 0.231. The zero-order valence-corrected chi connectivity index (χ0v) is 12.8. The van der Waals surface area contributed by atoms with Gasteiger partial charge in [0.05, 0.1) is 5.69 Å². The minimum atomic E-state index is -0.569. The summed E-state index contributed by atoms with van der Waals surface area (Å²) in [5.41, 5.74) is 5.72. The second-order valence-corrected chi connectivity index (χ2v) is 5.67. The Balaban J connectivity index is 2.16. The molecule has 21 heavy (non-hydrogen) atoms. The van der Waals surface area contributed by atoms with Crippen LogP contribution in [0.15, 0.2) is 18.2 Å². The number of carbonyl (C=O) groups is 1. The molecule has 0 saturated heterocycles. The molecule has 1 aromatic carbocycles. The van der Waals surface area contributed by atoms with Crippen LogP contribution in [0, 0.1) is 5.82 Å². The summed E-state index contributed by atoms with van der Waals surface area (Å²) < 4.78 is 13.6. The molecular formula is C13H14ClFN4OS.